The topological polar surface area (TPSA) is 78.9 Å². The largest absolute Gasteiger partial charge is 0.370 e. The number of halogens is 3. The second-order valence-corrected chi connectivity index (χ2v) is 14.8. The number of hydrogen-bond acceptors (Lipinski definition) is 5. The summed E-state index contributed by atoms with van der Waals surface area (Å²) in [6, 6.07) is 13.8. The summed E-state index contributed by atoms with van der Waals surface area (Å²) in [5, 5.41) is 3.40. The molecule has 42 heavy (non-hydrogen) atoms. The quantitative estimate of drug-likeness (QED) is 0.307. The van der Waals surface area contributed by atoms with Crippen molar-refractivity contribution in [3.63, 3.8) is 0 Å². The number of benzene rings is 2. The molecule has 1 aliphatic carbocycles. The predicted molar refractivity (Wildman–Crippen MR) is 168 cm³/mol. The third-order valence-corrected chi connectivity index (χ3v) is 12.0. The maximum Gasteiger partial charge on any atom is 0.246 e. The maximum absolute atomic E-state index is 13.5. The van der Waals surface area contributed by atoms with E-state index >= 15 is 0 Å². The van der Waals surface area contributed by atoms with Crippen molar-refractivity contribution < 1.29 is 17.9 Å². The van der Waals surface area contributed by atoms with Gasteiger partial charge in [-0.15, -0.1) is 0 Å². The van der Waals surface area contributed by atoms with Gasteiger partial charge >= 0.3 is 0 Å². The van der Waals surface area contributed by atoms with Gasteiger partial charge in [-0.25, -0.2) is 8.42 Å². The molecule has 2 unspecified atom stereocenters. The Balaban J connectivity index is 1.12. The molecule has 2 aliphatic heterocycles. The molecule has 2 aromatic rings. The van der Waals surface area contributed by atoms with Crippen molar-refractivity contribution in [1.82, 2.24) is 14.5 Å². The fourth-order valence-electron chi connectivity index (χ4n) is 6.94. The Morgan fingerprint density at radius 2 is 1.55 bits per heavy atom. The standard InChI is InChI=1S/C31H40Cl3N3O4S/c32-24-18-27(33)31(28(34)19-24)42(39,40)37-17-5-4-10-26(37)20-41-21-29(38)35-25-13-11-23(12-14-25)30(36-15-6-7-16-36)22-8-2-1-3-9-22/h1-3,8-9,18-19,23,25-26,30H,4-7,10-17,20-21H2,(H,35,38). The zero-order chi connectivity index (χ0) is 29.7. The molecular weight excluding hydrogens is 617 g/mol. The third-order valence-electron chi connectivity index (χ3n) is 8.90. The van der Waals surface area contributed by atoms with E-state index in [4.69, 9.17) is 39.5 Å². The first-order chi connectivity index (χ1) is 20.2. The number of carbonyl (C=O) groups excluding carboxylic acids is 1. The van der Waals surface area contributed by atoms with Gasteiger partial charge in [0.05, 0.1) is 16.7 Å². The van der Waals surface area contributed by atoms with Crippen molar-refractivity contribution in [3.8, 4) is 0 Å². The van der Waals surface area contributed by atoms with Crippen LogP contribution in [0.2, 0.25) is 15.1 Å². The number of likely N-dealkylation sites (tertiary alicyclic amines) is 1. The first-order valence-electron chi connectivity index (χ1n) is 15.1. The molecule has 11 heteroatoms. The van der Waals surface area contributed by atoms with Crippen LogP contribution < -0.4 is 5.32 Å². The van der Waals surface area contributed by atoms with Crippen LogP contribution in [0.3, 0.4) is 0 Å². The van der Waals surface area contributed by atoms with Crippen LogP contribution in [-0.4, -0.2) is 68.5 Å². The average Bonchev–Trinajstić information content (AvgIpc) is 3.49. The van der Waals surface area contributed by atoms with E-state index in [1.54, 1.807) is 0 Å². The molecule has 0 bridgehead atoms. The molecular formula is C31H40Cl3N3O4S. The Bertz CT molecular complexity index is 1290. The van der Waals surface area contributed by atoms with E-state index in [1.165, 1.54) is 34.8 Å². The van der Waals surface area contributed by atoms with Crippen LogP contribution in [-0.2, 0) is 19.6 Å². The molecule has 2 aromatic carbocycles. The van der Waals surface area contributed by atoms with Crippen molar-refractivity contribution in [3.05, 3.63) is 63.1 Å². The first kappa shape index (κ1) is 32.0. The van der Waals surface area contributed by atoms with E-state index in [1.807, 2.05) is 0 Å². The zero-order valence-corrected chi connectivity index (χ0v) is 26.9. The number of nitrogens with one attached hydrogen (secondary N) is 1. The van der Waals surface area contributed by atoms with Crippen LogP contribution in [0.15, 0.2) is 47.4 Å². The van der Waals surface area contributed by atoms with E-state index in [0.29, 0.717) is 24.9 Å². The van der Waals surface area contributed by atoms with Crippen LogP contribution in [0, 0.1) is 5.92 Å². The second kappa shape index (κ2) is 14.6. The molecule has 2 atom stereocenters. The smallest absolute Gasteiger partial charge is 0.246 e. The molecule has 0 spiro atoms. The van der Waals surface area contributed by atoms with Gasteiger partial charge in [-0.2, -0.15) is 4.31 Å². The van der Waals surface area contributed by atoms with Crippen LogP contribution in [0.5, 0.6) is 0 Å². The van der Waals surface area contributed by atoms with Crippen molar-refractivity contribution >= 4 is 50.7 Å². The number of rotatable bonds is 10. The minimum Gasteiger partial charge on any atom is -0.370 e. The number of piperidine rings is 1. The monoisotopic (exact) mass is 655 g/mol. The fraction of sp³-hybridized carbons (Fsp3) is 0.581. The minimum absolute atomic E-state index is 0.0117. The highest BCUT2D eigenvalue weighted by Gasteiger charge is 2.37. The van der Waals surface area contributed by atoms with Gasteiger partial charge in [-0.05, 0) is 88.1 Å². The Kier molecular flexibility index (Phi) is 11.1. The summed E-state index contributed by atoms with van der Waals surface area (Å²) in [7, 11) is -3.97. The maximum atomic E-state index is 13.5. The summed E-state index contributed by atoms with van der Waals surface area (Å²) in [5.41, 5.74) is 1.40. The van der Waals surface area contributed by atoms with E-state index < -0.39 is 16.1 Å². The highest BCUT2D eigenvalue weighted by molar-refractivity contribution is 7.89. The molecule has 3 fully saturated rings. The molecule has 0 aromatic heterocycles. The lowest BCUT2D eigenvalue weighted by molar-refractivity contribution is -0.127. The highest BCUT2D eigenvalue weighted by atomic mass is 35.5. The Hall–Kier alpha value is -1.39. The van der Waals surface area contributed by atoms with E-state index in [2.05, 4.69) is 40.5 Å². The van der Waals surface area contributed by atoms with Gasteiger partial charge in [0.2, 0.25) is 15.9 Å². The van der Waals surface area contributed by atoms with Crippen molar-refractivity contribution in [2.45, 2.75) is 80.8 Å². The molecule has 1 amide bonds. The third kappa shape index (κ3) is 7.63. The minimum atomic E-state index is -3.97. The summed E-state index contributed by atoms with van der Waals surface area (Å²) in [6.07, 6.45) is 8.81. The molecule has 7 nitrogen and oxygen atoms in total. The Morgan fingerprint density at radius 1 is 0.905 bits per heavy atom. The zero-order valence-electron chi connectivity index (χ0n) is 23.8. The molecule has 0 radical (unpaired) electrons. The van der Waals surface area contributed by atoms with Crippen LogP contribution >= 0.6 is 34.8 Å². The second-order valence-electron chi connectivity index (χ2n) is 11.8. The number of carbonyl (C=O) groups is 1. The molecule has 5 rings (SSSR count). The molecule has 230 valence electrons. The van der Waals surface area contributed by atoms with Crippen LogP contribution in [0.25, 0.3) is 0 Å². The SMILES string of the molecule is O=C(COCC1CCCCN1S(=O)(=O)c1c(Cl)cc(Cl)cc1Cl)NC1CCC(C(c2ccccc2)N2CCCC2)CC1. The lowest BCUT2D eigenvalue weighted by Crippen LogP contribution is -2.47. The molecule has 3 aliphatic rings. The predicted octanol–water partition coefficient (Wildman–Crippen LogP) is 6.72. The van der Waals surface area contributed by atoms with E-state index in [0.717, 1.165) is 51.6 Å². The Morgan fingerprint density at radius 3 is 2.21 bits per heavy atom. The summed E-state index contributed by atoms with van der Waals surface area (Å²) in [4.78, 5) is 15.3. The van der Waals surface area contributed by atoms with E-state index in [9.17, 15) is 13.2 Å². The molecule has 1 N–H and O–H groups in total. The lowest BCUT2D eigenvalue weighted by Gasteiger charge is -2.39. The van der Waals surface area contributed by atoms with E-state index in [-0.39, 0.29) is 45.1 Å². The highest BCUT2D eigenvalue weighted by Crippen LogP contribution is 2.40. The van der Waals surface area contributed by atoms with Crippen LogP contribution in [0.1, 0.15) is 69.4 Å². The summed E-state index contributed by atoms with van der Waals surface area (Å²) < 4.78 is 34.3. The summed E-state index contributed by atoms with van der Waals surface area (Å²) in [5.74, 6) is 0.420. The van der Waals surface area contributed by atoms with Gasteiger partial charge in [0.1, 0.15) is 11.5 Å². The van der Waals surface area contributed by atoms with Crippen molar-refractivity contribution in [2.24, 2.45) is 5.92 Å². The Labute approximate surface area is 264 Å². The summed E-state index contributed by atoms with van der Waals surface area (Å²) in [6.45, 7) is 2.67. The first-order valence-corrected chi connectivity index (χ1v) is 17.6. The van der Waals surface area contributed by atoms with Crippen molar-refractivity contribution in [1.29, 1.82) is 0 Å². The number of sulfonamides is 1. The van der Waals surface area contributed by atoms with Crippen molar-refractivity contribution in [2.75, 3.05) is 32.8 Å². The molecule has 1 saturated carbocycles. The normalized spacial score (nSPS) is 24.9. The van der Waals surface area contributed by atoms with Gasteiger partial charge in [-0.1, -0.05) is 71.6 Å². The number of ether oxygens (including phenoxy) is 1. The van der Waals surface area contributed by atoms with Crippen LogP contribution in [0.4, 0.5) is 0 Å². The lowest BCUT2D eigenvalue weighted by atomic mass is 9.78. The number of nitrogens with zero attached hydrogens (tertiary/aromatic N) is 2. The molecule has 2 heterocycles. The van der Waals surface area contributed by atoms with Gasteiger partial charge in [0.15, 0.2) is 0 Å². The molecule has 2 saturated heterocycles. The fourth-order valence-corrected chi connectivity index (χ4v) is 10.1. The van der Waals surface area contributed by atoms with Gasteiger partial charge in [0.25, 0.3) is 0 Å². The van der Waals surface area contributed by atoms with Gasteiger partial charge in [0, 0.05) is 29.7 Å². The van der Waals surface area contributed by atoms with Gasteiger partial charge < -0.3 is 10.1 Å². The number of amides is 1. The summed E-state index contributed by atoms with van der Waals surface area (Å²) >= 11 is 18.5. The number of hydrogen-bond donors (Lipinski definition) is 1. The average molecular weight is 657 g/mol. The van der Waals surface area contributed by atoms with Gasteiger partial charge in [-0.3, -0.25) is 9.69 Å².